The Bertz CT molecular complexity index is 5140. The Kier molecular flexibility index (Phi) is 49.1. The maximum atomic E-state index is 8.42. The molecule has 140 heavy (non-hydrogen) atoms. The molecule has 0 spiro atoms. The van der Waals surface area contributed by atoms with Crippen LogP contribution in [-0.2, 0) is 107 Å². The van der Waals surface area contributed by atoms with Crippen LogP contribution in [0.4, 0.5) is 0 Å². The number of aliphatic hydroxyl groups excluding tert-OH is 2. The van der Waals surface area contributed by atoms with Crippen LogP contribution in [0.5, 0.6) is 5.75 Å². The number of halogens is 2. The fourth-order valence-corrected chi connectivity index (χ4v) is 16.0. The average molecular weight is 2400 g/mol. The number of aromatic nitrogens is 2. The first-order valence-electron chi connectivity index (χ1n) is 48.2. The van der Waals surface area contributed by atoms with Gasteiger partial charge < -0.3 is 76.0 Å². The molecule has 0 unspecified atom stereocenters. The van der Waals surface area contributed by atoms with E-state index in [0.717, 1.165) is 75.9 Å². The van der Waals surface area contributed by atoms with E-state index in [-0.39, 0.29) is 121 Å². The molecule has 15 rings (SSSR count). The predicted molar refractivity (Wildman–Crippen MR) is 586 cm³/mol. The molecule has 763 valence electrons. The first-order chi connectivity index (χ1) is 64.9. The van der Waals surface area contributed by atoms with Crippen LogP contribution in [0.2, 0.25) is 0 Å². The molecule has 28 heteroatoms. The topological polar surface area (TPSA) is 222 Å². The Balaban J connectivity index is 0.000000581. The Morgan fingerprint density at radius 1 is 0.350 bits per heavy atom. The van der Waals surface area contributed by atoms with Crippen molar-refractivity contribution < 1.29 is 119 Å². The Labute approximate surface area is 891 Å². The molecule has 7 heterocycles. The van der Waals surface area contributed by atoms with Gasteiger partial charge in [-0.15, -0.1) is 0 Å². The zero-order chi connectivity index (χ0) is 107. The van der Waals surface area contributed by atoms with Gasteiger partial charge in [-0.3, -0.25) is 23.5 Å². The molecule has 0 aliphatic carbocycles. The van der Waals surface area contributed by atoms with Gasteiger partial charge in [0.1, 0.15) is 5.75 Å². The largest absolute Gasteiger partial charge is 0.569 e. The molecule has 5 saturated heterocycles. The number of pyridine rings is 2. The third kappa shape index (κ3) is 33.7. The third-order valence-corrected chi connectivity index (χ3v) is 28.1. The fourth-order valence-electron chi connectivity index (χ4n) is 15.5. The van der Waals surface area contributed by atoms with Crippen LogP contribution in [0.15, 0.2) is 197 Å². The fraction of sp³-hybridized carbons (Fsp3) is 0.464. The molecule has 5 fully saturated rings. The number of rotatable bonds is 10. The van der Waals surface area contributed by atoms with Crippen LogP contribution < -0.4 is 15.6 Å². The van der Waals surface area contributed by atoms with Gasteiger partial charge in [0.05, 0.1) is 67.4 Å². The maximum absolute atomic E-state index is 8.42. The number of para-hydroxylation sites is 1. The van der Waals surface area contributed by atoms with Crippen molar-refractivity contribution in [2.45, 2.75) is 330 Å². The molecular formula is C112H157B6Br2Ir2N2O16-2. The van der Waals surface area contributed by atoms with Crippen molar-refractivity contribution in [3.05, 3.63) is 264 Å². The van der Waals surface area contributed by atoms with Gasteiger partial charge in [0, 0.05) is 75.8 Å². The Hall–Kier alpha value is -6.67. The van der Waals surface area contributed by atoms with E-state index in [0.29, 0.717) is 15.4 Å². The van der Waals surface area contributed by atoms with Crippen molar-refractivity contribution in [3.8, 4) is 61.6 Å². The number of carbonyl (C=O) groups excluding carboxylic acids is 2. The minimum absolute atomic E-state index is 0. The minimum atomic E-state index is -0.476. The van der Waals surface area contributed by atoms with Crippen molar-refractivity contribution in [2.75, 3.05) is 14.2 Å². The molecule has 0 saturated carbocycles. The van der Waals surface area contributed by atoms with E-state index in [2.05, 4.69) is 328 Å². The van der Waals surface area contributed by atoms with E-state index in [9.17, 15) is 0 Å². The number of aryl methyl sites for hydroxylation is 10. The molecule has 18 nitrogen and oxygen atoms in total. The van der Waals surface area contributed by atoms with Gasteiger partial charge in [-0.05, 0) is 389 Å². The van der Waals surface area contributed by atoms with Gasteiger partial charge in [0.25, 0.3) is 0 Å². The molecule has 0 bridgehead atoms. The predicted octanol–water partition coefficient (Wildman–Crippen LogP) is 25.1. The quantitative estimate of drug-likeness (QED) is 0.0658. The SMILES string of the molecule is Brc1ccc(Br)cc1.CC.CC(C)(C)c1ccnc(-c2cc(C(C)(C)C)ccn2)c1.CC1(C)OB(B2OC(C)(C)C(C)(C)O2)OC1(C)C.CC1(C)OBOC1(C)C.CO.CO.Cc1cc(B2OC(C)(C)C(C)(C)O2)cc(C)c1-c1ccc(-c2c(C)cc(B3OC(C)(C)C(C)(C)O3)cc2C)cc1.Cc1cccc(C)c1-c1ccc(-c2c(C)cccc2C)cc1.Cc1cccc(C)c1O[B]O.[2H][C-]=O.[2H][C-]=O.[Ir].[Ir]. The molecular weight excluding hydrogens is 2240 g/mol. The first kappa shape index (κ1) is 126. The van der Waals surface area contributed by atoms with Gasteiger partial charge in [-0.1, -0.05) is 215 Å². The van der Waals surface area contributed by atoms with Crippen molar-refractivity contribution >= 4 is 99.9 Å². The van der Waals surface area contributed by atoms with E-state index in [1.807, 2.05) is 166 Å². The van der Waals surface area contributed by atoms with Gasteiger partial charge >= 0.3 is 43.6 Å². The number of aliphatic hydroxyl groups is 2. The third-order valence-electron chi connectivity index (χ3n) is 27.0. The Morgan fingerprint density at radius 3 is 0.771 bits per heavy atom. The summed E-state index contributed by atoms with van der Waals surface area (Å²) in [6, 6.07) is 62.0. The summed E-state index contributed by atoms with van der Waals surface area (Å²) >= 11 is 6.65. The second-order valence-corrected chi connectivity index (χ2v) is 43.7. The second-order valence-electron chi connectivity index (χ2n) is 41.8. The summed E-state index contributed by atoms with van der Waals surface area (Å²) in [5.41, 5.74) is 26.2. The van der Waals surface area contributed by atoms with Gasteiger partial charge in [0.15, 0.2) is 0 Å². The summed E-state index contributed by atoms with van der Waals surface area (Å²) in [6.45, 7) is 81.2. The molecule has 10 aromatic rings. The first-order valence-corrected chi connectivity index (χ1v) is 48.7. The normalized spacial score (nSPS) is 17.0. The number of benzene rings is 8. The van der Waals surface area contributed by atoms with Crippen LogP contribution in [0, 0.1) is 69.2 Å². The maximum Gasteiger partial charge on any atom is 0.569 e. The molecule has 2 aromatic heterocycles. The van der Waals surface area contributed by atoms with Crippen LogP contribution >= 0.6 is 31.9 Å². The summed E-state index contributed by atoms with van der Waals surface area (Å²) < 4.78 is 77.7. The van der Waals surface area contributed by atoms with E-state index in [4.69, 9.17) is 78.8 Å². The number of nitrogens with zero attached hydrogens (tertiary/aromatic N) is 2. The molecule has 0 amide bonds. The van der Waals surface area contributed by atoms with E-state index >= 15 is 0 Å². The van der Waals surface area contributed by atoms with Crippen molar-refractivity contribution in [2.24, 2.45) is 0 Å². The van der Waals surface area contributed by atoms with Gasteiger partial charge in [0.2, 0.25) is 0 Å². The minimum Gasteiger partial charge on any atom is -0.545 e. The van der Waals surface area contributed by atoms with E-state index < -0.39 is 14.0 Å². The second kappa shape index (κ2) is 54.7. The van der Waals surface area contributed by atoms with Crippen molar-refractivity contribution in [1.82, 2.24) is 9.97 Å². The Morgan fingerprint density at radius 2 is 0.564 bits per heavy atom. The van der Waals surface area contributed by atoms with Crippen LogP contribution in [0.25, 0.3) is 55.9 Å². The smallest absolute Gasteiger partial charge is 0.545 e. The zero-order valence-corrected chi connectivity index (χ0v) is 98.9. The number of hydrogen-bond donors (Lipinski definition) is 3. The van der Waals surface area contributed by atoms with Gasteiger partial charge in [-0.25, -0.2) is 0 Å². The van der Waals surface area contributed by atoms with Crippen LogP contribution in [0.3, 0.4) is 0 Å². The van der Waals surface area contributed by atoms with Crippen molar-refractivity contribution in [1.29, 1.82) is 0 Å². The molecule has 5 aliphatic rings. The molecule has 0 atom stereocenters. The molecule has 3 radical (unpaired) electrons. The summed E-state index contributed by atoms with van der Waals surface area (Å²) in [6.07, 6.45) is 3.75. The molecule has 8 aromatic carbocycles. The van der Waals surface area contributed by atoms with Crippen molar-refractivity contribution in [3.63, 3.8) is 0 Å². The monoisotopic (exact) mass is 2400 g/mol. The average Bonchev–Trinajstić information content (AvgIpc) is 1.59. The van der Waals surface area contributed by atoms with Crippen LogP contribution in [-0.4, -0.2) is 153 Å². The molecule has 5 aliphatic heterocycles. The molecule has 3 N–H and O–H groups in total. The van der Waals surface area contributed by atoms with Crippen LogP contribution in [0.1, 0.15) is 263 Å². The zero-order valence-electron chi connectivity index (χ0n) is 93.0. The summed E-state index contributed by atoms with van der Waals surface area (Å²) in [5, 5.41) is 22.4. The summed E-state index contributed by atoms with van der Waals surface area (Å²) in [7, 11) is 1.47. The number of hydrogen-bond acceptors (Lipinski definition) is 18. The summed E-state index contributed by atoms with van der Waals surface area (Å²) in [5.74, 6) is 0.731. The standard InChI is InChI=1S/C34H44B2O4.C22H22.C18H24N2.C12H24B2O4.C8H10BO2.C6H13BO2.C6H4Br2.C2H6.2CH4O.2CHO.2Ir/c1-21-17-27(35-37-31(5,6)32(7,8)38-35)18-22(2)29(21)25-13-15-26(16-14-25)30-23(3)19-28(20-24(30)4)36-39-33(9,10)34(11,12)40-36;1-15-7-5-8-16(2)21(15)19-11-13-20(14-12-19)22-17(3)9-6-10-18(22)4;1-17(2,3)13-7-9-19-15(11-13)16-12-14(8-10-20-16)18(4,5)6;1-9(2)10(3,4)16-13(15-9)14-17-11(5,6)12(7,8)18-14;1-6-4-3-5-7(2)8(6)11-9-10;1-5(2)6(3,4)9-7-8-5;7-5-1-2-6(8)4-3-5;5*1-2;;/h13-20H,1-12H3;5-14H,1-4H3;7-12H,1-6H3;1-8H3;3-5,10H,1-2H3;7H,1-4H3;1-4H;1-2H3;2*2H,1H3;2*1H;;/q;;;;;;;;;;2*-1;;/i;;;;;;;;;;2*1D;;. The van der Waals surface area contributed by atoms with Gasteiger partial charge in [-0.2, -0.15) is 2.74 Å². The summed E-state index contributed by atoms with van der Waals surface area (Å²) in [4.78, 5) is 25.7. The van der Waals surface area contributed by atoms with E-state index in [1.54, 1.807) is 0 Å². The van der Waals surface area contributed by atoms with E-state index in [1.165, 1.54) is 100 Å².